The van der Waals surface area contributed by atoms with E-state index < -0.39 is 11.7 Å². The molecule has 1 saturated carbocycles. The number of hydrogen-bond acceptors (Lipinski definition) is 5. The maximum Gasteiger partial charge on any atom is 0.407 e. The normalized spacial score (nSPS) is 28.6. The maximum atomic E-state index is 13.2. The third-order valence-corrected chi connectivity index (χ3v) is 7.13. The average molecular weight is 473 g/mol. The first kappa shape index (κ1) is 24.8. The smallest absolute Gasteiger partial charge is 0.407 e. The minimum Gasteiger partial charge on any atom is -0.493 e. The summed E-state index contributed by atoms with van der Waals surface area (Å²) in [7, 11) is 0. The van der Waals surface area contributed by atoms with Crippen LogP contribution in [0.5, 0.6) is 5.75 Å². The summed E-state index contributed by atoms with van der Waals surface area (Å²) in [5.41, 5.74) is 0.712. The van der Waals surface area contributed by atoms with Crippen LogP contribution in [0.15, 0.2) is 24.3 Å². The van der Waals surface area contributed by atoms with Crippen LogP contribution < -0.4 is 10.1 Å². The fourth-order valence-corrected chi connectivity index (χ4v) is 5.47. The van der Waals surface area contributed by atoms with Crippen molar-refractivity contribution in [3.8, 4) is 5.75 Å². The van der Waals surface area contributed by atoms with E-state index >= 15 is 0 Å². The second-order valence-corrected chi connectivity index (χ2v) is 10.8. The Labute approximate surface area is 203 Å². The van der Waals surface area contributed by atoms with E-state index in [1.54, 1.807) is 0 Å². The highest BCUT2D eigenvalue weighted by atomic mass is 16.6. The molecule has 1 aromatic carbocycles. The summed E-state index contributed by atoms with van der Waals surface area (Å²) >= 11 is 0. The summed E-state index contributed by atoms with van der Waals surface area (Å²) in [5, 5.41) is 3.03. The Morgan fingerprint density at radius 2 is 1.85 bits per heavy atom. The Balaban J connectivity index is 1.49. The van der Waals surface area contributed by atoms with Gasteiger partial charge in [0.2, 0.25) is 5.91 Å². The predicted molar refractivity (Wildman–Crippen MR) is 130 cm³/mol. The number of ether oxygens (including phenoxy) is 3. The molecular formula is C27H40N2O5. The molecule has 0 radical (unpaired) electrons. The molecule has 0 aromatic heterocycles. The van der Waals surface area contributed by atoms with E-state index in [2.05, 4.69) is 17.4 Å². The molecular weight excluding hydrogens is 432 g/mol. The maximum absolute atomic E-state index is 13.2. The number of para-hydroxylation sites is 1. The minimum atomic E-state index is -0.567. The molecule has 1 aromatic rings. The molecule has 2 amide bonds. The number of rotatable bonds is 1. The molecule has 34 heavy (non-hydrogen) atoms. The molecule has 7 heteroatoms. The van der Waals surface area contributed by atoms with Crippen LogP contribution in [-0.4, -0.2) is 60.4 Å². The first-order valence-electron chi connectivity index (χ1n) is 12.9. The van der Waals surface area contributed by atoms with Gasteiger partial charge in [-0.1, -0.05) is 18.2 Å². The molecule has 1 aliphatic carbocycles. The Morgan fingerprint density at radius 3 is 2.62 bits per heavy atom. The van der Waals surface area contributed by atoms with Crippen LogP contribution in [0, 0.1) is 0 Å². The van der Waals surface area contributed by atoms with E-state index in [1.165, 1.54) is 5.56 Å². The molecule has 3 aliphatic heterocycles. The Bertz CT molecular complexity index is 844. The number of nitrogens with zero attached hydrogens (tertiary/aromatic N) is 1. The van der Waals surface area contributed by atoms with Gasteiger partial charge in [0.05, 0.1) is 31.4 Å². The quantitative estimate of drug-likeness (QED) is 0.636. The Morgan fingerprint density at radius 1 is 1.09 bits per heavy atom. The Hall–Kier alpha value is -2.28. The lowest BCUT2D eigenvalue weighted by Crippen LogP contribution is -2.59. The van der Waals surface area contributed by atoms with E-state index in [1.807, 2.05) is 37.8 Å². The van der Waals surface area contributed by atoms with Crippen molar-refractivity contribution in [3.63, 3.8) is 0 Å². The van der Waals surface area contributed by atoms with Crippen molar-refractivity contribution in [2.45, 2.75) is 102 Å². The van der Waals surface area contributed by atoms with Crippen molar-refractivity contribution >= 4 is 12.0 Å². The molecule has 2 bridgehead atoms. The highest BCUT2D eigenvalue weighted by molar-refractivity contribution is 5.77. The Kier molecular flexibility index (Phi) is 8.02. The van der Waals surface area contributed by atoms with Crippen LogP contribution in [0.4, 0.5) is 4.79 Å². The van der Waals surface area contributed by atoms with E-state index in [4.69, 9.17) is 14.2 Å². The number of fused-ring (bicyclic) bond motifs is 7. The SMILES string of the molecule is CC(C)(C)OC(=O)N[C@H]1CCCN2C(=O)CCCOc3ccccc3[C@H]3CC[C@H](CC3)OC[C@@H]12. The molecule has 0 unspecified atom stereocenters. The monoisotopic (exact) mass is 472 g/mol. The molecule has 0 spiro atoms. The van der Waals surface area contributed by atoms with Gasteiger partial charge in [-0.2, -0.15) is 0 Å². The largest absolute Gasteiger partial charge is 0.493 e. The van der Waals surface area contributed by atoms with E-state index in [-0.39, 0.29) is 24.1 Å². The van der Waals surface area contributed by atoms with E-state index in [0.717, 1.165) is 44.3 Å². The van der Waals surface area contributed by atoms with E-state index in [9.17, 15) is 9.59 Å². The first-order chi connectivity index (χ1) is 16.3. The molecule has 2 fully saturated rings. The zero-order valence-corrected chi connectivity index (χ0v) is 20.9. The van der Waals surface area contributed by atoms with E-state index in [0.29, 0.717) is 38.5 Å². The summed E-state index contributed by atoms with van der Waals surface area (Å²) in [4.78, 5) is 27.7. The second kappa shape index (κ2) is 11.0. The van der Waals surface area contributed by atoms with Crippen LogP contribution in [0.3, 0.4) is 0 Å². The number of hydrogen-bond donors (Lipinski definition) is 1. The van der Waals surface area contributed by atoms with Crippen molar-refractivity contribution in [1.82, 2.24) is 10.2 Å². The number of benzene rings is 1. The second-order valence-electron chi connectivity index (χ2n) is 10.8. The first-order valence-corrected chi connectivity index (χ1v) is 12.9. The molecule has 3 heterocycles. The third-order valence-electron chi connectivity index (χ3n) is 7.13. The highest BCUT2D eigenvalue weighted by Gasteiger charge is 2.37. The third kappa shape index (κ3) is 6.44. The average Bonchev–Trinajstić information content (AvgIpc) is 2.80. The van der Waals surface area contributed by atoms with Crippen LogP contribution in [0.25, 0.3) is 0 Å². The van der Waals surface area contributed by atoms with Gasteiger partial charge >= 0.3 is 6.09 Å². The van der Waals surface area contributed by atoms with Gasteiger partial charge in [0.1, 0.15) is 11.4 Å². The molecule has 4 aliphatic rings. The topological polar surface area (TPSA) is 77.1 Å². The lowest BCUT2D eigenvalue weighted by Gasteiger charge is -2.42. The van der Waals surface area contributed by atoms with Crippen molar-refractivity contribution < 1.29 is 23.8 Å². The van der Waals surface area contributed by atoms with Gasteiger partial charge < -0.3 is 24.4 Å². The summed E-state index contributed by atoms with van der Waals surface area (Å²) in [5.74, 6) is 1.53. The molecule has 5 rings (SSSR count). The van der Waals surface area contributed by atoms with Gasteiger partial charge in [0.25, 0.3) is 0 Å². The minimum absolute atomic E-state index is 0.0975. The number of alkyl carbamates (subject to hydrolysis) is 1. The number of amides is 2. The molecule has 188 valence electrons. The van der Waals surface area contributed by atoms with Crippen LogP contribution in [0.1, 0.15) is 83.6 Å². The summed E-state index contributed by atoms with van der Waals surface area (Å²) in [6.07, 6.45) is 6.59. The van der Waals surface area contributed by atoms with Gasteiger partial charge in [-0.15, -0.1) is 0 Å². The predicted octanol–water partition coefficient (Wildman–Crippen LogP) is 4.79. The lowest BCUT2D eigenvalue weighted by molar-refractivity contribution is -0.139. The van der Waals surface area contributed by atoms with Gasteiger partial charge in [-0.05, 0) is 83.3 Å². The number of carbonyl (C=O) groups is 2. The van der Waals surface area contributed by atoms with Crippen molar-refractivity contribution in [3.05, 3.63) is 29.8 Å². The molecule has 2 atom stereocenters. The summed E-state index contributed by atoms with van der Waals surface area (Å²) in [6, 6.07) is 7.96. The van der Waals surface area contributed by atoms with Gasteiger partial charge in [0.15, 0.2) is 0 Å². The fourth-order valence-electron chi connectivity index (χ4n) is 5.47. The molecule has 7 nitrogen and oxygen atoms in total. The van der Waals surface area contributed by atoms with Gasteiger partial charge in [-0.25, -0.2) is 4.79 Å². The number of piperidine rings is 1. The van der Waals surface area contributed by atoms with Gasteiger partial charge in [-0.3, -0.25) is 4.79 Å². The zero-order chi connectivity index (χ0) is 24.1. The van der Waals surface area contributed by atoms with Crippen molar-refractivity contribution in [2.75, 3.05) is 19.8 Å². The fraction of sp³-hybridized carbons (Fsp3) is 0.704. The molecule has 1 N–H and O–H groups in total. The van der Waals surface area contributed by atoms with Gasteiger partial charge in [0, 0.05) is 13.0 Å². The summed E-state index contributed by atoms with van der Waals surface area (Å²) < 4.78 is 18.0. The summed E-state index contributed by atoms with van der Waals surface area (Å²) in [6.45, 7) is 7.21. The standard InChI is InChI=1S/C27H40N2O5/c1-27(2,3)34-26(31)28-22-9-6-16-29-23(22)18-33-20-14-12-19(13-15-20)21-8-4-5-10-24(21)32-17-7-11-25(29)30/h4-5,8,10,19-20,22-23H,6-7,9,11-18H2,1-3H3,(H,28,31)/t19-,20+,22-,23-/m0/s1. The zero-order valence-electron chi connectivity index (χ0n) is 20.9. The highest BCUT2D eigenvalue weighted by Crippen LogP contribution is 2.38. The van der Waals surface area contributed by atoms with Crippen LogP contribution in [0.2, 0.25) is 0 Å². The lowest BCUT2D eigenvalue weighted by atomic mass is 9.82. The van der Waals surface area contributed by atoms with Crippen LogP contribution >= 0.6 is 0 Å². The number of nitrogens with one attached hydrogen (secondary N) is 1. The molecule has 1 saturated heterocycles. The number of carbonyl (C=O) groups excluding carboxylic acids is 2. The van der Waals surface area contributed by atoms with Crippen molar-refractivity contribution in [1.29, 1.82) is 0 Å². The van der Waals surface area contributed by atoms with Crippen molar-refractivity contribution in [2.24, 2.45) is 0 Å². The van der Waals surface area contributed by atoms with Crippen LogP contribution in [-0.2, 0) is 14.3 Å².